The SMILES string of the molecule is COc1cccc(OC)c1CS(=O)(=O)c1ccc2c(c1)SC(=Cc1ccc(O)c([N+](=O)[O-])c1)C(=O)N2. The van der Waals surface area contributed by atoms with E-state index in [9.17, 15) is 28.4 Å². The zero-order valence-electron chi connectivity index (χ0n) is 19.0. The van der Waals surface area contributed by atoms with E-state index in [0.717, 1.165) is 17.8 Å². The number of nitro groups is 1. The molecule has 0 saturated heterocycles. The van der Waals surface area contributed by atoms with Crippen LogP contribution in [0.5, 0.6) is 17.2 Å². The van der Waals surface area contributed by atoms with Crippen LogP contribution in [0.3, 0.4) is 0 Å². The van der Waals surface area contributed by atoms with E-state index >= 15 is 0 Å². The summed E-state index contributed by atoms with van der Waals surface area (Å²) in [7, 11) is -0.942. The van der Waals surface area contributed by atoms with Gasteiger partial charge in [0.05, 0.1) is 45.9 Å². The van der Waals surface area contributed by atoms with Crippen LogP contribution in [-0.2, 0) is 20.4 Å². The maximum absolute atomic E-state index is 13.3. The molecular weight excluding hydrogens is 508 g/mol. The second-order valence-corrected chi connectivity index (χ2v) is 10.7. The summed E-state index contributed by atoms with van der Waals surface area (Å²) in [6, 6.07) is 13.1. The van der Waals surface area contributed by atoms with E-state index in [1.165, 1.54) is 50.6 Å². The average molecular weight is 529 g/mol. The van der Waals surface area contributed by atoms with Crippen molar-refractivity contribution in [3.8, 4) is 17.2 Å². The van der Waals surface area contributed by atoms with Crippen molar-refractivity contribution >= 4 is 45.0 Å². The number of hydrogen-bond acceptors (Lipinski definition) is 9. The second-order valence-electron chi connectivity index (χ2n) is 7.63. The average Bonchev–Trinajstić information content (AvgIpc) is 2.85. The maximum Gasteiger partial charge on any atom is 0.311 e. The lowest BCUT2D eigenvalue weighted by molar-refractivity contribution is -0.385. The molecule has 0 saturated carbocycles. The number of methoxy groups -OCH3 is 2. The fraction of sp³-hybridized carbons (Fsp3) is 0.125. The van der Waals surface area contributed by atoms with Crippen LogP contribution in [-0.4, -0.2) is 38.6 Å². The van der Waals surface area contributed by atoms with Gasteiger partial charge in [0.15, 0.2) is 15.6 Å². The molecule has 0 fully saturated rings. The van der Waals surface area contributed by atoms with Crippen molar-refractivity contribution in [3.05, 3.63) is 80.7 Å². The van der Waals surface area contributed by atoms with Crippen LogP contribution in [0.1, 0.15) is 11.1 Å². The first-order valence-corrected chi connectivity index (χ1v) is 12.8. The van der Waals surface area contributed by atoms with E-state index in [2.05, 4.69) is 5.32 Å². The number of ether oxygens (including phenoxy) is 2. The number of fused-ring (bicyclic) bond motifs is 1. The number of nitro benzene ring substituents is 1. The van der Waals surface area contributed by atoms with Gasteiger partial charge in [0, 0.05) is 11.0 Å². The first kappa shape index (κ1) is 25.1. The van der Waals surface area contributed by atoms with Gasteiger partial charge in [-0.3, -0.25) is 14.9 Å². The van der Waals surface area contributed by atoms with E-state index in [1.54, 1.807) is 18.2 Å². The number of benzene rings is 3. The molecule has 1 heterocycles. The molecule has 3 aromatic rings. The van der Waals surface area contributed by atoms with Gasteiger partial charge in [0.25, 0.3) is 5.91 Å². The Morgan fingerprint density at radius 3 is 2.42 bits per heavy atom. The Bertz CT molecular complexity index is 1490. The Morgan fingerprint density at radius 2 is 1.78 bits per heavy atom. The normalized spacial score (nSPS) is 14.2. The third-order valence-electron chi connectivity index (χ3n) is 5.36. The van der Waals surface area contributed by atoms with E-state index in [4.69, 9.17) is 9.47 Å². The van der Waals surface area contributed by atoms with Gasteiger partial charge >= 0.3 is 5.69 Å². The van der Waals surface area contributed by atoms with Crippen molar-refractivity contribution in [2.45, 2.75) is 15.5 Å². The molecule has 36 heavy (non-hydrogen) atoms. The molecular formula is C24H20N2O8S2. The van der Waals surface area contributed by atoms with Gasteiger partial charge in [-0.15, -0.1) is 0 Å². The molecule has 0 aromatic heterocycles. The summed E-state index contributed by atoms with van der Waals surface area (Å²) in [4.78, 5) is 23.7. The number of hydrogen-bond donors (Lipinski definition) is 2. The van der Waals surface area contributed by atoms with Crippen molar-refractivity contribution in [2.75, 3.05) is 19.5 Å². The first-order valence-electron chi connectivity index (χ1n) is 10.4. The zero-order chi connectivity index (χ0) is 26.0. The number of rotatable bonds is 7. The van der Waals surface area contributed by atoms with Crippen LogP contribution in [0.25, 0.3) is 6.08 Å². The molecule has 0 unspecified atom stereocenters. The third kappa shape index (κ3) is 4.99. The summed E-state index contributed by atoms with van der Waals surface area (Å²) in [5, 5.41) is 23.5. The molecule has 1 aliphatic heterocycles. The van der Waals surface area contributed by atoms with Crippen LogP contribution >= 0.6 is 11.8 Å². The van der Waals surface area contributed by atoms with Gasteiger partial charge in [0.1, 0.15) is 11.5 Å². The molecule has 0 bridgehead atoms. The molecule has 1 aliphatic rings. The van der Waals surface area contributed by atoms with E-state index in [0.29, 0.717) is 33.2 Å². The summed E-state index contributed by atoms with van der Waals surface area (Å²) >= 11 is 1.03. The molecule has 0 aliphatic carbocycles. The highest BCUT2D eigenvalue weighted by molar-refractivity contribution is 8.04. The van der Waals surface area contributed by atoms with Crippen LogP contribution in [0, 0.1) is 10.1 Å². The lowest BCUT2D eigenvalue weighted by Gasteiger charge is -2.20. The highest BCUT2D eigenvalue weighted by Gasteiger charge is 2.26. The number of thioether (sulfide) groups is 1. The van der Waals surface area contributed by atoms with Crippen LogP contribution in [0.2, 0.25) is 0 Å². The molecule has 3 aromatic carbocycles. The number of phenolic OH excluding ortho intramolecular Hbond substituents is 1. The highest BCUT2D eigenvalue weighted by atomic mass is 32.2. The number of nitrogens with one attached hydrogen (secondary N) is 1. The quantitative estimate of drug-likeness (QED) is 0.259. The predicted molar refractivity (Wildman–Crippen MR) is 134 cm³/mol. The fourth-order valence-corrected chi connectivity index (χ4v) is 6.07. The molecule has 186 valence electrons. The fourth-order valence-electron chi connectivity index (χ4n) is 3.60. The number of carbonyl (C=O) groups excluding carboxylic acids is 1. The summed E-state index contributed by atoms with van der Waals surface area (Å²) in [5.74, 6) is -0.542. The van der Waals surface area contributed by atoms with E-state index < -0.39 is 32.1 Å². The van der Waals surface area contributed by atoms with Crippen molar-refractivity contribution in [2.24, 2.45) is 0 Å². The lowest BCUT2D eigenvalue weighted by Crippen LogP contribution is -2.17. The topological polar surface area (TPSA) is 145 Å². The van der Waals surface area contributed by atoms with Crippen molar-refractivity contribution in [1.29, 1.82) is 0 Å². The minimum absolute atomic E-state index is 0.0393. The lowest BCUT2D eigenvalue weighted by atomic mass is 10.1. The first-order chi connectivity index (χ1) is 17.1. The van der Waals surface area contributed by atoms with E-state index in [1.807, 2.05) is 0 Å². The third-order valence-corrected chi connectivity index (χ3v) is 8.08. The Labute approximate surface area is 210 Å². The summed E-state index contributed by atoms with van der Waals surface area (Å²) in [6.07, 6.45) is 1.43. The van der Waals surface area contributed by atoms with Crippen LogP contribution < -0.4 is 14.8 Å². The van der Waals surface area contributed by atoms with Gasteiger partial charge in [-0.05, 0) is 48.0 Å². The Kier molecular flexibility index (Phi) is 6.91. The number of amides is 1. The Balaban J connectivity index is 1.67. The van der Waals surface area contributed by atoms with Gasteiger partial charge in [0.2, 0.25) is 0 Å². The van der Waals surface area contributed by atoms with Gasteiger partial charge in [-0.1, -0.05) is 23.9 Å². The molecule has 0 spiro atoms. The molecule has 10 nitrogen and oxygen atoms in total. The maximum atomic E-state index is 13.3. The number of carbonyl (C=O) groups is 1. The van der Waals surface area contributed by atoms with Crippen LogP contribution in [0.4, 0.5) is 11.4 Å². The molecule has 0 radical (unpaired) electrons. The van der Waals surface area contributed by atoms with E-state index in [-0.39, 0.29) is 15.6 Å². The zero-order valence-corrected chi connectivity index (χ0v) is 20.7. The minimum atomic E-state index is -3.83. The summed E-state index contributed by atoms with van der Waals surface area (Å²) in [5.41, 5.74) is 0.655. The largest absolute Gasteiger partial charge is 0.502 e. The van der Waals surface area contributed by atoms with Gasteiger partial charge < -0.3 is 19.9 Å². The van der Waals surface area contributed by atoms with Crippen molar-refractivity contribution in [1.82, 2.24) is 0 Å². The summed E-state index contributed by atoms with van der Waals surface area (Å²) < 4.78 is 37.2. The molecule has 12 heteroatoms. The predicted octanol–water partition coefficient (Wildman–Crippen LogP) is 4.38. The Hall–Kier alpha value is -4.03. The monoisotopic (exact) mass is 528 g/mol. The number of anilines is 1. The van der Waals surface area contributed by atoms with Crippen LogP contribution in [0.15, 0.2) is 69.3 Å². The molecule has 1 amide bonds. The standard InChI is InChI=1S/C24H20N2O8S2/c1-33-20-4-3-5-21(34-2)16(20)13-36(31,32)15-7-8-17-22(12-15)35-23(24(28)25-17)11-14-6-9-19(27)18(10-14)26(29)30/h3-12,27H,13H2,1-2H3,(H,25,28). The smallest absolute Gasteiger partial charge is 0.311 e. The minimum Gasteiger partial charge on any atom is -0.502 e. The molecule has 2 N–H and O–H groups in total. The Morgan fingerprint density at radius 1 is 1.08 bits per heavy atom. The number of sulfone groups is 1. The van der Waals surface area contributed by atoms with Crippen molar-refractivity contribution < 1.29 is 32.7 Å². The van der Waals surface area contributed by atoms with Gasteiger partial charge in [-0.2, -0.15) is 0 Å². The number of aromatic hydroxyl groups is 1. The molecule has 4 rings (SSSR count). The molecule has 0 atom stereocenters. The van der Waals surface area contributed by atoms with Crippen molar-refractivity contribution in [3.63, 3.8) is 0 Å². The van der Waals surface area contributed by atoms with Gasteiger partial charge in [-0.25, -0.2) is 8.42 Å². The number of nitrogens with zero attached hydrogens (tertiary/aromatic N) is 1. The highest BCUT2D eigenvalue weighted by Crippen LogP contribution is 2.41. The second kappa shape index (κ2) is 9.91. The summed E-state index contributed by atoms with van der Waals surface area (Å²) in [6.45, 7) is 0. The number of phenols is 1.